The molecule has 0 atom stereocenters. The Kier molecular flexibility index (Phi) is 9.00. The summed E-state index contributed by atoms with van der Waals surface area (Å²) in [4.78, 5) is 7.89. The third-order valence-corrected chi connectivity index (χ3v) is 2.46. The number of hydrogen-bond acceptors (Lipinski definition) is 3. The molecule has 3 nitrogen and oxygen atoms in total. The minimum Gasteiger partial charge on any atom is -0.417 e. The molecule has 0 aromatic carbocycles. The third kappa shape index (κ3) is 5.49. The van der Waals surface area contributed by atoms with Crippen molar-refractivity contribution < 1.29 is 13.5 Å². The van der Waals surface area contributed by atoms with Crippen molar-refractivity contribution in [3.05, 3.63) is 17.6 Å². The Labute approximate surface area is 114 Å². The molecule has 0 amide bonds. The van der Waals surface area contributed by atoms with Crippen LogP contribution in [0.5, 0.6) is 5.88 Å². The van der Waals surface area contributed by atoms with E-state index in [0.717, 1.165) is 24.1 Å². The minimum atomic E-state index is -2.82. The van der Waals surface area contributed by atoms with E-state index >= 15 is 0 Å². The Hall–Kier alpha value is -1.26. The molecule has 1 aromatic heterocycles. The van der Waals surface area contributed by atoms with Gasteiger partial charge in [0.1, 0.15) is 6.33 Å². The van der Waals surface area contributed by atoms with E-state index < -0.39 is 6.61 Å². The molecule has 1 fully saturated rings. The molecule has 0 aliphatic heterocycles. The molecule has 0 saturated heterocycles. The van der Waals surface area contributed by atoms with E-state index in [-0.39, 0.29) is 5.88 Å². The minimum absolute atomic E-state index is 0.0319. The van der Waals surface area contributed by atoms with Crippen molar-refractivity contribution in [3.63, 3.8) is 0 Å². The first kappa shape index (κ1) is 17.7. The zero-order valence-electron chi connectivity index (χ0n) is 12.4. The zero-order valence-corrected chi connectivity index (χ0v) is 12.4. The maximum absolute atomic E-state index is 12.1. The number of halogens is 2. The normalized spacial score (nSPS) is 13.1. The first-order chi connectivity index (χ1) is 9.22. The van der Waals surface area contributed by atoms with E-state index in [1.54, 1.807) is 0 Å². The second-order valence-electron chi connectivity index (χ2n) is 3.55. The highest BCUT2D eigenvalue weighted by Gasteiger charge is 2.29. The Morgan fingerprint density at radius 1 is 1.21 bits per heavy atom. The van der Waals surface area contributed by atoms with Crippen LogP contribution in [0.15, 0.2) is 6.33 Å². The van der Waals surface area contributed by atoms with E-state index in [4.69, 9.17) is 0 Å². The maximum Gasteiger partial charge on any atom is 0.388 e. The highest BCUT2D eigenvalue weighted by Crippen LogP contribution is 2.42. The monoisotopic (exact) mass is 274 g/mol. The van der Waals surface area contributed by atoms with Crippen LogP contribution in [-0.4, -0.2) is 16.6 Å². The van der Waals surface area contributed by atoms with E-state index in [1.807, 2.05) is 34.6 Å². The molecule has 5 heteroatoms. The van der Waals surface area contributed by atoms with Gasteiger partial charge in [-0.25, -0.2) is 9.97 Å². The lowest BCUT2D eigenvalue weighted by Gasteiger charge is -2.10. The van der Waals surface area contributed by atoms with Gasteiger partial charge in [0.15, 0.2) is 0 Å². The van der Waals surface area contributed by atoms with Crippen LogP contribution in [0, 0.1) is 0 Å². The fourth-order valence-electron chi connectivity index (χ4n) is 1.64. The summed E-state index contributed by atoms with van der Waals surface area (Å²) in [5, 5.41) is 0. The third-order valence-electron chi connectivity index (χ3n) is 2.46. The van der Waals surface area contributed by atoms with E-state index in [1.165, 1.54) is 6.33 Å². The van der Waals surface area contributed by atoms with Gasteiger partial charge in [0.2, 0.25) is 5.88 Å². The molecular weight excluding hydrogens is 250 g/mol. The summed E-state index contributed by atoms with van der Waals surface area (Å²) in [7, 11) is 0. The van der Waals surface area contributed by atoms with Crippen molar-refractivity contribution in [1.82, 2.24) is 9.97 Å². The van der Waals surface area contributed by atoms with E-state index in [0.29, 0.717) is 12.3 Å². The summed E-state index contributed by atoms with van der Waals surface area (Å²) in [6.45, 7) is 7.07. The number of ether oxygens (including phenoxy) is 1. The first-order valence-corrected chi connectivity index (χ1v) is 7.01. The van der Waals surface area contributed by atoms with Crippen molar-refractivity contribution in [2.45, 2.75) is 66.4 Å². The standard InChI is InChI=1S/C10H12F2N2O.2C2H6/c1-2-7-8(6-3-4-6)13-5-14-9(7)15-10(11)12;2*1-2/h5-6,10H,2-4H2,1H3;2*1-2H3. The van der Waals surface area contributed by atoms with Crippen LogP contribution in [0.2, 0.25) is 0 Å². The van der Waals surface area contributed by atoms with Crippen molar-refractivity contribution in [2.24, 2.45) is 0 Å². The predicted octanol–water partition coefficient (Wildman–Crippen LogP) is 4.57. The average Bonchev–Trinajstić information content (AvgIpc) is 3.27. The van der Waals surface area contributed by atoms with Crippen molar-refractivity contribution in [2.75, 3.05) is 0 Å². The lowest BCUT2D eigenvalue weighted by Crippen LogP contribution is -2.08. The fraction of sp³-hybridized carbons (Fsp3) is 0.714. The van der Waals surface area contributed by atoms with Gasteiger partial charge in [0.05, 0.1) is 5.69 Å². The molecule has 110 valence electrons. The van der Waals surface area contributed by atoms with Crippen LogP contribution in [-0.2, 0) is 6.42 Å². The SMILES string of the molecule is CC.CC.CCc1c(OC(F)F)ncnc1C1CC1. The molecule has 0 N–H and O–H groups in total. The summed E-state index contributed by atoms with van der Waals surface area (Å²) in [6, 6.07) is 0. The van der Waals surface area contributed by atoms with Crippen LogP contribution >= 0.6 is 0 Å². The highest BCUT2D eigenvalue weighted by molar-refractivity contribution is 5.34. The molecule has 1 aliphatic carbocycles. The number of nitrogens with zero attached hydrogens (tertiary/aromatic N) is 2. The molecule has 1 aliphatic rings. The second-order valence-corrected chi connectivity index (χ2v) is 3.55. The van der Waals surface area contributed by atoms with Gasteiger partial charge >= 0.3 is 6.61 Å². The van der Waals surface area contributed by atoms with Crippen molar-refractivity contribution >= 4 is 0 Å². The van der Waals surface area contributed by atoms with E-state index in [9.17, 15) is 8.78 Å². The molecule has 1 saturated carbocycles. The molecule has 0 bridgehead atoms. The smallest absolute Gasteiger partial charge is 0.388 e. The number of rotatable bonds is 4. The molecule has 19 heavy (non-hydrogen) atoms. The predicted molar refractivity (Wildman–Crippen MR) is 72.7 cm³/mol. The van der Waals surface area contributed by atoms with Crippen LogP contribution < -0.4 is 4.74 Å². The topological polar surface area (TPSA) is 35.0 Å². The number of aromatic nitrogens is 2. The van der Waals surface area contributed by atoms with Crippen LogP contribution in [0.1, 0.15) is 64.6 Å². The van der Waals surface area contributed by atoms with Gasteiger partial charge in [-0.2, -0.15) is 8.78 Å². The Bertz CT molecular complexity index is 355. The molecule has 0 unspecified atom stereocenters. The van der Waals surface area contributed by atoms with Gasteiger partial charge in [-0.3, -0.25) is 0 Å². The largest absolute Gasteiger partial charge is 0.417 e. The Balaban J connectivity index is 0.000000741. The van der Waals surface area contributed by atoms with Crippen molar-refractivity contribution in [1.29, 1.82) is 0 Å². The molecule has 2 rings (SSSR count). The Morgan fingerprint density at radius 3 is 2.21 bits per heavy atom. The van der Waals surface area contributed by atoms with Gasteiger partial charge in [-0.15, -0.1) is 0 Å². The number of hydrogen-bond donors (Lipinski definition) is 0. The van der Waals surface area contributed by atoms with Crippen LogP contribution in [0.3, 0.4) is 0 Å². The molecule has 0 spiro atoms. The summed E-state index contributed by atoms with van der Waals surface area (Å²) < 4.78 is 28.6. The van der Waals surface area contributed by atoms with E-state index in [2.05, 4.69) is 14.7 Å². The lowest BCUT2D eigenvalue weighted by molar-refractivity contribution is -0.0536. The van der Waals surface area contributed by atoms with Gasteiger partial charge < -0.3 is 4.74 Å². The molecule has 1 heterocycles. The lowest BCUT2D eigenvalue weighted by atomic mass is 10.1. The van der Waals surface area contributed by atoms with Gasteiger partial charge in [0.25, 0.3) is 0 Å². The van der Waals surface area contributed by atoms with Crippen LogP contribution in [0.4, 0.5) is 8.78 Å². The Morgan fingerprint density at radius 2 is 1.79 bits per heavy atom. The maximum atomic E-state index is 12.1. The molecular formula is C14H24F2N2O. The molecule has 1 aromatic rings. The highest BCUT2D eigenvalue weighted by atomic mass is 19.3. The summed E-state index contributed by atoms with van der Waals surface area (Å²) in [5.41, 5.74) is 1.60. The van der Waals surface area contributed by atoms with Gasteiger partial charge in [0, 0.05) is 11.5 Å². The fourth-order valence-corrected chi connectivity index (χ4v) is 1.64. The summed E-state index contributed by atoms with van der Waals surface area (Å²) in [5.74, 6) is 0.451. The van der Waals surface area contributed by atoms with Crippen LogP contribution in [0.25, 0.3) is 0 Å². The average molecular weight is 274 g/mol. The summed E-state index contributed by atoms with van der Waals surface area (Å²) >= 11 is 0. The van der Waals surface area contributed by atoms with Crippen molar-refractivity contribution in [3.8, 4) is 5.88 Å². The number of alkyl halides is 2. The van der Waals surface area contributed by atoms with Gasteiger partial charge in [-0.1, -0.05) is 34.6 Å². The molecule has 0 radical (unpaired) electrons. The second kappa shape index (κ2) is 9.64. The summed E-state index contributed by atoms with van der Waals surface area (Å²) in [6.07, 6.45) is 4.08. The quantitative estimate of drug-likeness (QED) is 0.806. The van der Waals surface area contributed by atoms with Gasteiger partial charge in [-0.05, 0) is 19.3 Å². The first-order valence-electron chi connectivity index (χ1n) is 7.01. The zero-order chi connectivity index (χ0) is 14.8.